The molecule has 0 radical (unpaired) electrons. The van der Waals surface area contributed by atoms with Crippen LogP contribution in [-0.4, -0.2) is 53.1 Å². The molecule has 230 valence electrons. The highest BCUT2D eigenvalue weighted by Crippen LogP contribution is 2.52. The van der Waals surface area contributed by atoms with E-state index in [-0.39, 0.29) is 23.5 Å². The van der Waals surface area contributed by atoms with E-state index in [4.69, 9.17) is 14.5 Å². The zero-order chi connectivity index (χ0) is 30.2. The summed E-state index contributed by atoms with van der Waals surface area (Å²) in [5.74, 6) is 1.80. The van der Waals surface area contributed by atoms with Crippen molar-refractivity contribution in [3.05, 3.63) is 47.8 Å². The summed E-state index contributed by atoms with van der Waals surface area (Å²) in [7, 11) is 0. The molecule has 1 fully saturated rings. The third kappa shape index (κ3) is 8.62. The van der Waals surface area contributed by atoms with Crippen molar-refractivity contribution in [2.75, 3.05) is 30.3 Å². The smallest absolute Gasteiger partial charge is 0.408 e. The van der Waals surface area contributed by atoms with Crippen LogP contribution in [-0.2, 0) is 20.7 Å². The number of nitrogens with zero attached hydrogens (tertiary/aromatic N) is 3. The summed E-state index contributed by atoms with van der Waals surface area (Å²) in [6, 6.07) is 8.36. The number of unbranched alkanes of at least 4 members (excludes halogenated alkanes) is 1. The molecule has 1 saturated heterocycles. The minimum atomic E-state index is -0.544. The van der Waals surface area contributed by atoms with Crippen molar-refractivity contribution < 1.29 is 19.1 Å². The Morgan fingerprint density at radius 1 is 1.14 bits per heavy atom. The summed E-state index contributed by atoms with van der Waals surface area (Å²) < 4.78 is 11.1. The van der Waals surface area contributed by atoms with Crippen molar-refractivity contribution in [2.24, 2.45) is 11.3 Å². The standard InChI is InChI=1S/C33H48N4O4S/c1-6-8-11-24(7-2)23-40-29(38)14-19-42-28-22-34-27(21-35-28)37-17-15-33(16-18-37)20-25-12-9-10-13-26(25)30(33)36-31(39)41-32(3,4)5/h9-10,12-13,21-22,24,30H,6-8,11,14-20,23H2,1-5H3,(H,36,39)/t24?,30-/m1/s1. The van der Waals surface area contributed by atoms with Gasteiger partial charge >= 0.3 is 12.1 Å². The number of thioether (sulfide) groups is 1. The normalized spacial score (nSPS) is 18.4. The monoisotopic (exact) mass is 596 g/mol. The molecule has 4 rings (SSSR count). The number of carbonyl (C=O) groups excluding carboxylic acids is 2. The van der Waals surface area contributed by atoms with Gasteiger partial charge in [-0.05, 0) is 63.5 Å². The lowest BCUT2D eigenvalue weighted by molar-refractivity contribution is -0.144. The maximum absolute atomic E-state index is 12.8. The summed E-state index contributed by atoms with van der Waals surface area (Å²) in [6.45, 7) is 12.2. The summed E-state index contributed by atoms with van der Waals surface area (Å²) in [6.07, 6.45) is 10.9. The Bertz CT molecular complexity index is 1180. The van der Waals surface area contributed by atoms with E-state index in [0.717, 1.165) is 56.0 Å². The Morgan fingerprint density at radius 3 is 2.57 bits per heavy atom. The maximum Gasteiger partial charge on any atom is 0.408 e. The molecule has 1 spiro atoms. The number of nitrogens with one attached hydrogen (secondary N) is 1. The number of piperidine rings is 1. The molecular formula is C33H48N4O4S. The van der Waals surface area contributed by atoms with Crippen molar-refractivity contribution in [2.45, 2.75) is 103 Å². The van der Waals surface area contributed by atoms with Gasteiger partial charge in [-0.2, -0.15) is 0 Å². The number of esters is 1. The van der Waals surface area contributed by atoms with Crippen LogP contribution in [0.1, 0.15) is 96.7 Å². The molecule has 42 heavy (non-hydrogen) atoms. The van der Waals surface area contributed by atoms with E-state index in [2.05, 4.69) is 47.2 Å². The molecule has 9 heteroatoms. The number of benzene rings is 1. The fourth-order valence-electron chi connectivity index (χ4n) is 6.06. The molecule has 1 aromatic heterocycles. The second-order valence-electron chi connectivity index (χ2n) is 12.7. The molecule has 1 amide bonds. The fraction of sp³-hybridized carbons (Fsp3) is 0.636. The van der Waals surface area contributed by atoms with Gasteiger partial charge in [0, 0.05) is 24.3 Å². The van der Waals surface area contributed by atoms with E-state index in [1.165, 1.54) is 35.7 Å². The Labute approximate surface area is 255 Å². The number of rotatable bonds is 12. The number of amides is 1. The highest BCUT2D eigenvalue weighted by Gasteiger charge is 2.48. The second kappa shape index (κ2) is 14.6. The number of hydrogen-bond donors (Lipinski definition) is 1. The first-order chi connectivity index (χ1) is 20.1. The quantitative estimate of drug-likeness (QED) is 0.204. The molecule has 1 N–H and O–H groups in total. The van der Waals surface area contributed by atoms with Gasteiger partial charge in [0.05, 0.1) is 31.5 Å². The summed E-state index contributed by atoms with van der Waals surface area (Å²) >= 11 is 1.53. The van der Waals surface area contributed by atoms with E-state index in [9.17, 15) is 9.59 Å². The van der Waals surface area contributed by atoms with Gasteiger partial charge in [0.1, 0.15) is 16.4 Å². The number of alkyl carbamates (subject to hydrolysis) is 1. The van der Waals surface area contributed by atoms with Crippen LogP contribution in [0.5, 0.6) is 0 Å². The van der Waals surface area contributed by atoms with Crippen LogP contribution in [0.2, 0.25) is 0 Å². The van der Waals surface area contributed by atoms with E-state index < -0.39 is 5.60 Å². The predicted octanol–water partition coefficient (Wildman–Crippen LogP) is 7.13. The van der Waals surface area contributed by atoms with E-state index in [0.29, 0.717) is 24.7 Å². The molecule has 1 aromatic carbocycles. The number of anilines is 1. The summed E-state index contributed by atoms with van der Waals surface area (Å²) in [4.78, 5) is 36.6. The van der Waals surface area contributed by atoms with Crippen LogP contribution < -0.4 is 10.2 Å². The maximum atomic E-state index is 12.8. The molecule has 1 aliphatic carbocycles. The summed E-state index contributed by atoms with van der Waals surface area (Å²) in [5, 5.41) is 4.03. The Hall–Kier alpha value is -2.81. The average Bonchev–Trinajstić information content (AvgIpc) is 3.25. The van der Waals surface area contributed by atoms with Crippen LogP contribution in [0.15, 0.2) is 41.7 Å². The lowest BCUT2D eigenvalue weighted by Gasteiger charge is -2.43. The van der Waals surface area contributed by atoms with Gasteiger partial charge in [0.2, 0.25) is 0 Å². The zero-order valence-electron chi connectivity index (χ0n) is 26.0. The average molecular weight is 597 g/mol. The minimum absolute atomic E-state index is 0.0535. The third-order valence-corrected chi connectivity index (χ3v) is 9.37. The predicted molar refractivity (Wildman–Crippen MR) is 168 cm³/mol. The Kier molecular flexibility index (Phi) is 11.1. The van der Waals surface area contributed by atoms with Crippen LogP contribution in [0.25, 0.3) is 0 Å². The van der Waals surface area contributed by atoms with Gasteiger partial charge in [0.15, 0.2) is 0 Å². The highest BCUT2D eigenvalue weighted by molar-refractivity contribution is 7.99. The molecule has 2 atom stereocenters. The molecule has 2 aliphatic rings. The molecule has 2 heterocycles. The minimum Gasteiger partial charge on any atom is -0.465 e. The van der Waals surface area contributed by atoms with Gasteiger partial charge in [-0.15, -0.1) is 11.8 Å². The van der Waals surface area contributed by atoms with Crippen molar-refractivity contribution in [3.8, 4) is 0 Å². The van der Waals surface area contributed by atoms with E-state index >= 15 is 0 Å². The molecule has 1 aliphatic heterocycles. The van der Waals surface area contributed by atoms with E-state index in [1.807, 2.05) is 33.0 Å². The molecule has 0 bridgehead atoms. The van der Waals surface area contributed by atoms with Crippen molar-refractivity contribution >= 4 is 29.6 Å². The topological polar surface area (TPSA) is 93.7 Å². The van der Waals surface area contributed by atoms with Crippen LogP contribution in [0.4, 0.5) is 10.6 Å². The van der Waals surface area contributed by atoms with Gasteiger partial charge in [-0.1, -0.05) is 57.4 Å². The van der Waals surface area contributed by atoms with Gasteiger partial charge in [-0.3, -0.25) is 4.79 Å². The number of fused-ring (bicyclic) bond motifs is 1. The fourth-order valence-corrected chi connectivity index (χ4v) is 6.79. The molecule has 8 nitrogen and oxygen atoms in total. The van der Waals surface area contributed by atoms with Gasteiger partial charge < -0.3 is 19.7 Å². The number of carbonyl (C=O) groups is 2. The van der Waals surface area contributed by atoms with Crippen LogP contribution in [0.3, 0.4) is 0 Å². The number of ether oxygens (including phenoxy) is 2. The van der Waals surface area contributed by atoms with Gasteiger partial charge in [-0.25, -0.2) is 14.8 Å². The molecule has 0 saturated carbocycles. The molecular weight excluding hydrogens is 548 g/mol. The largest absolute Gasteiger partial charge is 0.465 e. The highest BCUT2D eigenvalue weighted by atomic mass is 32.2. The Balaban J connectivity index is 1.27. The van der Waals surface area contributed by atoms with E-state index in [1.54, 1.807) is 6.20 Å². The first-order valence-electron chi connectivity index (χ1n) is 15.5. The van der Waals surface area contributed by atoms with Crippen LogP contribution in [0, 0.1) is 11.3 Å². The number of hydrogen-bond acceptors (Lipinski definition) is 8. The Morgan fingerprint density at radius 2 is 1.90 bits per heavy atom. The lowest BCUT2D eigenvalue weighted by Crippen LogP contribution is -2.47. The molecule has 2 aromatic rings. The van der Waals surface area contributed by atoms with Crippen molar-refractivity contribution in [1.29, 1.82) is 0 Å². The zero-order valence-corrected chi connectivity index (χ0v) is 26.8. The van der Waals surface area contributed by atoms with Crippen molar-refractivity contribution in [1.82, 2.24) is 15.3 Å². The van der Waals surface area contributed by atoms with Crippen LogP contribution >= 0.6 is 11.8 Å². The lowest BCUT2D eigenvalue weighted by atomic mass is 9.72. The van der Waals surface area contributed by atoms with Gasteiger partial charge in [0.25, 0.3) is 0 Å². The number of aromatic nitrogens is 2. The first-order valence-corrected chi connectivity index (χ1v) is 16.5. The SMILES string of the molecule is CCCCC(CC)COC(=O)CCSc1cnc(N2CCC3(CC2)Cc2ccccc2[C@H]3NC(=O)OC(C)(C)C)cn1. The molecule has 1 unspecified atom stereocenters. The summed E-state index contributed by atoms with van der Waals surface area (Å²) in [5.41, 5.74) is 1.90. The van der Waals surface area contributed by atoms with Crippen molar-refractivity contribution in [3.63, 3.8) is 0 Å². The third-order valence-electron chi connectivity index (χ3n) is 8.46. The second-order valence-corrected chi connectivity index (χ2v) is 13.8. The first kappa shape index (κ1) is 32.1.